The lowest BCUT2D eigenvalue weighted by atomic mass is 10.1. The molecular formula is C18H25N5O2S. The van der Waals surface area contributed by atoms with Crippen LogP contribution in [-0.4, -0.2) is 37.5 Å². The zero-order chi connectivity index (χ0) is 19.5. The fourth-order valence-electron chi connectivity index (χ4n) is 2.17. The maximum absolute atomic E-state index is 12.2. The second kappa shape index (κ2) is 7.90. The van der Waals surface area contributed by atoms with E-state index in [1.54, 1.807) is 6.92 Å². The highest BCUT2D eigenvalue weighted by Gasteiger charge is 2.22. The van der Waals surface area contributed by atoms with Gasteiger partial charge in [-0.15, -0.1) is 10.2 Å². The molecule has 0 spiro atoms. The predicted molar refractivity (Wildman–Crippen MR) is 103 cm³/mol. The van der Waals surface area contributed by atoms with Gasteiger partial charge >= 0.3 is 6.03 Å². The standard InChI is InChI=1S/C18H25N5O2S/c1-11-7-9-13(10-8-11)14-21-22-17(23(14)6)26-12(2)15(24)19-16(25)20-18(3,4)5/h7-10,12H,1-6H3,(H2,19,20,24,25). The molecule has 0 saturated carbocycles. The van der Waals surface area contributed by atoms with Gasteiger partial charge in [0.1, 0.15) is 0 Å². The van der Waals surface area contributed by atoms with Crippen molar-refractivity contribution in [3.05, 3.63) is 29.8 Å². The number of imide groups is 1. The van der Waals surface area contributed by atoms with Crippen molar-refractivity contribution >= 4 is 23.7 Å². The first kappa shape index (κ1) is 20.0. The number of carbonyl (C=O) groups is 2. The van der Waals surface area contributed by atoms with Crippen molar-refractivity contribution in [1.29, 1.82) is 0 Å². The summed E-state index contributed by atoms with van der Waals surface area (Å²) in [6.07, 6.45) is 0. The van der Waals surface area contributed by atoms with Gasteiger partial charge in [-0.3, -0.25) is 10.1 Å². The maximum atomic E-state index is 12.2. The summed E-state index contributed by atoms with van der Waals surface area (Å²) in [6.45, 7) is 9.30. The Hall–Kier alpha value is -2.35. The fourth-order valence-corrected chi connectivity index (χ4v) is 2.98. The first-order valence-corrected chi connectivity index (χ1v) is 9.21. The van der Waals surface area contributed by atoms with E-state index < -0.39 is 16.8 Å². The van der Waals surface area contributed by atoms with Gasteiger partial charge in [-0.25, -0.2) is 4.79 Å². The smallest absolute Gasteiger partial charge is 0.321 e. The molecule has 1 atom stereocenters. The Labute approximate surface area is 158 Å². The van der Waals surface area contributed by atoms with Gasteiger partial charge in [-0.2, -0.15) is 0 Å². The summed E-state index contributed by atoms with van der Waals surface area (Å²) >= 11 is 1.25. The monoisotopic (exact) mass is 375 g/mol. The molecule has 0 aliphatic carbocycles. The van der Waals surface area contributed by atoms with Crippen LogP contribution in [0, 0.1) is 6.92 Å². The van der Waals surface area contributed by atoms with E-state index in [1.165, 1.54) is 17.3 Å². The lowest BCUT2D eigenvalue weighted by Gasteiger charge is -2.21. The molecule has 2 N–H and O–H groups in total. The number of thioether (sulfide) groups is 1. The number of rotatable bonds is 4. The van der Waals surface area contributed by atoms with Crippen molar-refractivity contribution in [2.75, 3.05) is 0 Å². The molecule has 3 amide bonds. The Balaban J connectivity index is 2.03. The molecular weight excluding hydrogens is 350 g/mol. The molecule has 1 aromatic heterocycles. The Morgan fingerprint density at radius 3 is 2.35 bits per heavy atom. The molecule has 7 nitrogen and oxygen atoms in total. The van der Waals surface area contributed by atoms with Gasteiger partial charge in [0.15, 0.2) is 11.0 Å². The quantitative estimate of drug-likeness (QED) is 0.802. The van der Waals surface area contributed by atoms with E-state index in [0.29, 0.717) is 5.16 Å². The number of hydrogen-bond acceptors (Lipinski definition) is 5. The van der Waals surface area contributed by atoms with Crippen LogP contribution in [0.3, 0.4) is 0 Å². The minimum Gasteiger partial charge on any atom is -0.333 e. The van der Waals surface area contributed by atoms with Gasteiger partial charge < -0.3 is 9.88 Å². The van der Waals surface area contributed by atoms with Crippen molar-refractivity contribution in [2.24, 2.45) is 7.05 Å². The molecule has 140 valence electrons. The van der Waals surface area contributed by atoms with Crippen LogP contribution in [0.25, 0.3) is 11.4 Å². The zero-order valence-corrected chi connectivity index (χ0v) is 16.8. The van der Waals surface area contributed by atoms with E-state index >= 15 is 0 Å². The van der Waals surface area contributed by atoms with Crippen LogP contribution in [0.1, 0.15) is 33.3 Å². The van der Waals surface area contributed by atoms with Crippen LogP contribution < -0.4 is 10.6 Å². The van der Waals surface area contributed by atoms with Gasteiger partial charge in [0.25, 0.3) is 0 Å². The van der Waals surface area contributed by atoms with E-state index in [9.17, 15) is 9.59 Å². The van der Waals surface area contributed by atoms with E-state index in [-0.39, 0.29) is 5.91 Å². The fraction of sp³-hybridized carbons (Fsp3) is 0.444. The summed E-state index contributed by atoms with van der Waals surface area (Å²) in [7, 11) is 1.86. The lowest BCUT2D eigenvalue weighted by Crippen LogP contribution is -2.49. The van der Waals surface area contributed by atoms with Crippen LogP contribution >= 0.6 is 11.8 Å². The van der Waals surface area contributed by atoms with Gasteiger partial charge in [0, 0.05) is 18.2 Å². The molecule has 26 heavy (non-hydrogen) atoms. The summed E-state index contributed by atoms with van der Waals surface area (Å²) in [5, 5.41) is 13.6. The SMILES string of the molecule is Cc1ccc(-c2nnc(SC(C)C(=O)NC(=O)NC(C)(C)C)n2C)cc1. The van der Waals surface area contributed by atoms with Gasteiger partial charge in [-0.1, -0.05) is 41.6 Å². The average molecular weight is 375 g/mol. The van der Waals surface area contributed by atoms with Crippen molar-refractivity contribution in [1.82, 2.24) is 25.4 Å². The van der Waals surface area contributed by atoms with Crippen LogP contribution in [0.15, 0.2) is 29.4 Å². The largest absolute Gasteiger partial charge is 0.333 e. The van der Waals surface area contributed by atoms with Crippen molar-refractivity contribution < 1.29 is 9.59 Å². The Morgan fingerprint density at radius 1 is 1.15 bits per heavy atom. The molecule has 0 aliphatic rings. The number of urea groups is 1. The van der Waals surface area contributed by atoms with E-state index in [4.69, 9.17) is 0 Å². The molecule has 8 heteroatoms. The van der Waals surface area contributed by atoms with E-state index in [1.807, 2.05) is 63.6 Å². The summed E-state index contributed by atoms with van der Waals surface area (Å²) in [4.78, 5) is 24.0. The zero-order valence-electron chi connectivity index (χ0n) is 16.0. The summed E-state index contributed by atoms with van der Waals surface area (Å²) < 4.78 is 1.84. The number of benzene rings is 1. The Bertz CT molecular complexity index is 793. The summed E-state index contributed by atoms with van der Waals surface area (Å²) in [5.74, 6) is 0.349. The van der Waals surface area contributed by atoms with Crippen LogP contribution in [0.2, 0.25) is 0 Å². The number of aromatic nitrogens is 3. The van der Waals surface area contributed by atoms with Crippen LogP contribution in [0.5, 0.6) is 0 Å². The summed E-state index contributed by atoms with van der Waals surface area (Å²) in [6, 6.07) is 7.50. The second-order valence-corrected chi connectivity index (χ2v) is 8.49. The topological polar surface area (TPSA) is 88.9 Å². The van der Waals surface area contributed by atoms with Gasteiger partial charge in [0.2, 0.25) is 5.91 Å². The summed E-state index contributed by atoms with van der Waals surface area (Å²) in [5.41, 5.74) is 1.72. The Morgan fingerprint density at radius 2 is 1.77 bits per heavy atom. The third-order valence-electron chi connectivity index (χ3n) is 3.52. The number of nitrogens with zero attached hydrogens (tertiary/aromatic N) is 3. The molecule has 0 radical (unpaired) electrons. The molecule has 1 aromatic carbocycles. The molecule has 0 bridgehead atoms. The first-order valence-electron chi connectivity index (χ1n) is 8.33. The molecule has 0 saturated heterocycles. The first-order chi connectivity index (χ1) is 12.1. The van der Waals surface area contributed by atoms with Gasteiger partial charge in [0.05, 0.1) is 5.25 Å². The van der Waals surface area contributed by atoms with Crippen LogP contribution in [0.4, 0.5) is 4.79 Å². The number of amides is 3. The third kappa shape index (κ3) is 5.32. The lowest BCUT2D eigenvalue weighted by molar-refractivity contribution is -0.119. The maximum Gasteiger partial charge on any atom is 0.321 e. The predicted octanol–water partition coefficient (Wildman–Crippen LogP) is 2.90. The average Bonchev–Trinajstić information content (AvgIpc) is 2.87. The molecule has 2 aromatic rings. The number of nitrogens with one attached hydrogen (secondary N) is 2. The second-order valence-electron chi connectivity index (χ2n) is 7.18. The van der Waals surface area contributed by atoms with Gasteiger partial charge in [-0.05, 0) is 34.6 Å². The molecule has 0 fully saturated rings. The third-order valence-corrected chi connectivity index (χ3v) is 4.66. The highest BCUT2D eigenvalue weighted by atomic mass is 32.2. The highest BCUT2D eigenvalue weighted by molar-refractivity contribution is 8.00. The van der Waals surface area contributed by atoms with E-state index in [0.717, 1.165) is 11.4 Å². The molecule has 2 rings (SSSR count). The minimum absolute atomic E-state index is 0.378. The number of hydrogen-bond donors (Lipinski definition) is 2. The van der Waals surface area contributed by atoms with Crippen molar-refractivity contribution in [3.63, 3.8) is 0 Å². The van der Waals surface area contributed by atoms with Crippen molar-refractivity contribution in [3.8, 4) is 11.4 Å². The molecule has 1 unspecified atom stereocenters. The van der Waals surface area contributed by atoms with Crippen molar-refractivity contribution in [2.45, 2.75) is 50.6 Å². The minimum atomic E-state index is -0.506. The number of aryl methyl sites for hydroxylation is 1. The van der Waals surface area contributed by atoms with Crippen LogP contribution in [-0.2, 0) is 11.8 Å². The number of carbonyl (C=O) groups excluding carboxylic acids is 2. The normalized spacial score (nSPS) is 12.5. The Kier molecular flexibility index (Phi) is 6.07. The molecule has 1 heterocycles. The molecule has 0 aliphatic heterocycles. The highest BCUT2D eigenvalue weighted by Crippen LogP contribution is 2.25. The van der Waals surface area contributed by atoms with E-state index in [2.05, 4.69) is 20.8 Å².